The molecule has 0 aliphatic carbocycles. The summed E-state index contributed by atoms with van der Waals surface area (Å²) in [4.78, 5) is 0.257. The Hall–Kier alpha value is -1.52. The van der Waals surface area contributed by atoms with Crippen LogP contribution in [0, 0.1) is 13.8 Å². The maximum absolute atomic E-state index is 12.7. The summed E-state index contributed by atoms with van der Waals surface area (Å²) in [6.45, 7) is 3.85. The van der Waals surface area contributed by atoms with E-state index in [2.05, 4.69) is 0 Å². The van der Waals surface area contributed by atoms with Crippen molar-refractivity contribution in [2.24, 2.45) is 0 Å². The molecule has 0 saturated heterocycles. The molecule has 0 bridgehead atoms. The largest absolute Gasteiger partial charge is 0.269 e. The maximum atomic E-state index is 12.7. The molecule has 0 N–H and O–H groups in total. The summed E-state index contributed by atoms with van der Waals surface area (Å²) in [6.07, 6.45) is 0. The van der Waals surface area contributed by atoms with Crippen molar-refractivity contribution >= 4 is 27.3 Å². The predicted octanol–water partition coefficient (Wildman–Crippen LogP) is 3.87. The fourth-order valence-electron chi connectivity index (χ4n) is 2.07. The van der Waals surface area contributed by atoms with E-state index in [-0.39, 0.29) is 4.90 Å². The van der Waals surface area contributed by atoms with E-state index in [1.54, 1.807) is 31.3 Å². The topological polar surface area (TPSA) is 37.4 Å². The van der Waals surface area contributed by atoms with E-state index in [9.17, 15) is 8.42 Å². The fourth-order valence-corrected chi connectivity index (χ4v) is 3.60. The number of alkyl halides is 1. The average Bonchev–Trinajstić information content (AvgIpc) is 2.46. The Kier molecular flexibility index (Phi) is 4.59. The van der Waals surface area contributed by atoms with Gasteiger partial charge in [0.05, 0.1) is 10.6 Å². The first-order valence-electron chi connectivity index (χ1n) is 6.57. The maximum Gasteiger partial charge on any atom is 0.264 e. The molecule has 0 saturated carbocycles. The van der Waals surface area contributed by atoms with Crippen LogP contribution in [0.2, 0.25) is 0 Å². The van der Waals surface area contributed by atoms with Gasteiger partial charge in [-0.1, -0.05) is 18.2 Å². The van der Waals surface area contributed by atoms with Gasteiger partial charge in [-0.3, -0.25) is 4.31 Å². The van der Waals surface area contributed by atoms with Crippen molar-refractivity contribution in [3.05, 3.63) is 59.2 Å². The minimum atomic E-state index is -3.58. The summed E-state index contributed by atoms with van der Waals surface area (Å²) in [5.41, 5.74) is 3.47. The highest BCUT2D eigenvalue weighted by Crippen LogP contribution is 2.24. The predicted molar refractivity (Wildman–Crippen MR) is 87.5 cm³/mol. The molecule has 0 aliphatic heterocycles. The molecular weight excluding hydrogens is 306 g/mol. The molecule has 0 aliphatic rings. The summed E-state index contributed by atoms with van der Waals surface area (Å²) < 4.78 is 26.7. The molecule has 0 heterocycles. The lowest BCUT2D eigenvalue weighted by molar-refractivity contribution is 0.594. The second kappa shape index (κ2) is 6.08. The van der Waals surface area contributed by atoms with E-state index in [0.29, 0.717) is 11.6 Å². The fraction of sp³-hybridized carbons (Fsp3) is 0.250. The van der Waals surface area contributed by atoms with E-state index in [0.717, 1.165) is 16.7 Å². The molecule has 112 valence electrons. The van der Waals surface area contributed by atoms with Crippen molar-refractivity contribution < 1.29 is 8.42 Å². The first kappa shape index (κ1) is 15.9. The molecule has 3 nitrogen and oxygen atoms in total. The van der Waals surface area contributed by atoms with Gasteiger partial charge in [-0.15, -0.1) is 11.6 Å². The Labute approximate surface area is 131 Å². The Morgan fingerprint density at radius 2 is 1.81 bits per heavy atom. The monoisotopic (exact) mass is 323 g/mol. The van der Waals surface area contributed by atoms with Crippen LogP contribution in [0.25, 0.3) is 0 Å². The van der Waals surface area contributed by atoms with Crippen molar-refractivity contribution in [2.75, 3.05) is 11.4 Å². The van der Waals surface area contributed by atoms with Crippen LogP contribution in [0.4, 0.5) is 5.69 Å². The molecule has 2 rings (SSSR count). The first-order chi connectivity index (χ1) is 9.86. The van der Waals surface area contributed by atoms with Gasteiger partial charge in [-0.2, -0.15) is 0 Å². The van der Waals surface area contributed by atoms with Crippen LogP contribution in [-0.4, -0.2) is 15.5 Å². The van der Waals surface area contributed by atoms with Crippen LogP contribution >= 0.6 is 11.6 Å². The zero-order chi connectivity index (χ0) is 15.6. The standard InChI is InChI=1S/C16H18ClNO2S/c1-12-5-4-6-15(9-12)18(3)21(19,20)16-8-7-13(2)14(10-16)11-17/h4-10H,11H2,1-3H3. The van der Waals surface area contributed by atoms with E-state index < -0.39 is 10.0 Å². The molecule has 0 amide bonds. The van der Waals surface area contributed by atoms with Crippen molar-refractivity contribution in [3.63, 3.8) is 0 Å². The zero-order valence-electron chi connectivity index (χ0n) is 12.3. The smallest absolute Gasteiger partial charge is 0.264 e. The second-order valence-electron chi connectivity index (χ2n) is 5.03. The third-order valence-electron chi connectivity index (χ3n) is 3.49. The second-order valence-corrected chi connectivity index (χ2v) is 7.27. The highest BCUT2D eigenvalue weighted by molar-refractivity contribution is 7.92. The lowest BCUT2D eigenvalue weighted by Gasteiger charge is -2.20. The lowest BCUT2D eigenvalue weighted by Crippen LogP contribution is -2.26. The number of aryl methyl sites for hydroxylation is 2. The van der Waals surface area contributed by atoms with Gasteiger partial charge in [0.25, 0.3) is 10.0 Å². The molecule has 0 spiro atoms. The number of rotatable bonds is 4. The Morgan fingerprint density at radius 1 is 1.10 bits per heavy atom. The molecule has 0 fully saturated rings. The summed E-state index contributed by atoms with van der Waals surface area (Å²) in [5.74, 6) is 0.295. The third-order valence-corrected chi connectivity index (χ3v) is 5.56. The number of anilines is 1. The molecule has 21 heavy (non-hydrogen) atoms. The van der Waals surface area contributed by atoms with Gasteiger partial charge >= 0.3 is 0 Å². The normalized spacial score (nSPS) is 11.4. The zero-order valence-corrected chi connectivity index (χ0v) is 13.9. The van der Waals surface area contributed by atoms with E-state index in [4.69, 9.17) is 11.6 Å². The van der Waals surface area contributed by atoms with E-state index in [1.807, 2.05) is 32.0 Å². The highest BCUT2D eigenvalue weighted by atomic mass is 35.5. The molecule has 0 aromatic heterocycles. The number of hydrogen-bond acceptors (Lipinski definition) is 2. The van der Waals surface area contributed by atoms with Crippen LogP contribution in [-0.2, 0) is 15.9 Å². The Balaban J connectivity index is 2.46. The Bertz CT molecular complexity index is 757. The highest BCUT2D eigenvalue weighted by Gasteiger charge is 2.22. The third kappa shape index (κ3) is 3.22. The van der Waals surface area contributed by atoms with E-state index in [1.165, 1.54) is 4.31 Å². The van der Waals surface area contributed by atoms with Gasteiger partial charge in [-0.25, -0.2) is 8.42 Å². The molecular formula is C16H18ClNO2S. The van der Waals surface area contributed by atoms with Crippen molar-refractivity contribution in [1.29, 1.82) is 0 Å². The van der Waals surface area contributed by atoms with Crippen molar-refractivity contribution in [2.45, 2.75) is 24.6 Å². The van der Waals surface area contributed by atoms with Gasteiger partial charge in [0.15, 0.2) is 0 Å². The van der Waals surface area contributed by atoms with Crippen LogP contribution in [0.3, 0.4) is 0 Å². The minimum absolute atomic E-state index is 0.257. The molecule has 0 unspecified atom stereocenters. The average molecular weight is 324 g/mol. The Morgan fingerprint density at radius 3 is 2.43 bits per heavy atom. The van der Waals surface area contributed by atoms with Crippen LogP contribution < -0.4 is 4.31 Å². The van der Waals surface area contributed by atoms with Crippen molar-refractivity contribution in [3.8, 4) is 0 Å². The number of halogens is 1. The number of benzene rings is 2. The van der Waals surface area contributed by atoms with Crippen molar-refractivity contribution in [1.82, 2.24) is 0 Å². The summed E-state index contributed by atoms with van der Waals surface area (Å²) >= 11 is 5.86. The first-order valence-corrected chi connectivity index (χ1v) is 8.55. The molecule has 0 radical (unpaired) electrons. The quantitative estimate of drug-likeness (QED) is 0.801. The van der Waals surface area contributed by atoms with Crippen LogP contribution in [0.15, 0.2) is 47.4 Å². The van der Waals surface area contributed by atoms with Gasteiger partial charge < -0.3 is 0 Å². The lowest BCUT2D eigenvalue weighted by atomic mass is 10.1. The number of nitrogens with zero attached hydrogens (tertiary/aromatic N) is 1. The summed E-state index contributed by atoms with van der Waals surface area (Å²) in [5, 5.41) is 0. The number of sulfonamides is 1. The molecule has 5 heteroatoms. The SMILES string of the molecule is Cc1cccc(N(C)S(=O)(=O)c2ccc(C)c(CCl)c2)c1. The van der Waals surface area contributed by atoms with Crippen LogP contribution in [0.5, 0.6) is 0 Å². The molecule has 0 atom stereocenters. The summed E-state index contributed by atoms with van der Waals surface area (Å²) in [6, 6.07) is 12.4. The minimum Gasteiger partial charge on any atom is -0.269 e. The van der Waals surface area contributed by atoms with Gasteiger partial charge in [0.2, 0.25) is 0 Å². The van der Waals surface area contributed by atoms with Gasteiger partial charge in [-0.05, 0) is 54.8 Å². The van der Waals surface area contributed by atoms with Crippen LogP contribution in [0.1, 0.15) is 16.7 Å². The molecule has 2 aromatic carbocycles. The van der Waals surface area contributed by atoms with E-state index >= 15 is 0 Å². The summed E-state index contributed by atoms with van der Waals surface area (Å²) in [7, 11) is -2.02. The number of hydrogen-bond donors (Lipinski definition) is 0. The molecule has 2 aromatic rings. The van der Waals surface area contributed by atoms with Gasteiger partial charge in [0, 0.05) is 12.9 Å². The van der Waals surface area contributed by atoms with Gasteiger partial charge in [0.1, 0.15) is 0 Å².